The summed E-state index contributed by atoms with van der Waals surface area (Å²) in [5, 5.41) is 5.55. The van der Waals surface area contributed by atoms with Gasteiger partial charge in [0.25, 0.3) is 0 Å². The summed E-state index contributed by atoms with van der Waals surface area (Å²) in [4.78, 5) is 5.64. The Morgan fingerprint density at radius 1 is 1.10 bits per heavy atom. The molecule has 29 heavy (non-hydrogen) atoms. The Hall–Kier alpha value is -2.75. The van der Waals surface area contributed by atoms with Crippen molar-refractivity contribution in [3.63, 3.8) is 0 Å². The SMILES string of the molecule is CCc1nn2c(CNS(=O)(=O)c3ccc(OC)cc3)c(-c3ccccc3)nc2s1. The maximum Gasteiger partial charge on any atom is 0.240 e. The molecule has 0 unspecified atom stereocenters. The number of methoxy groups -OCH3 is 1. The van der Waals surface area contributed by atoms with Gasteiger partial charge in [-0.25, -0.2) is 22.6 Å². The van der Waals surface area contributed by atoms with Gasteiger partial charge in [-0.1, -0.05) is 48.6 Å². The smallest absolute Gasteiger partial charge is 0.240 e. The highest BCUT2D eigenvalue weighted by Gasteiger charge is 2.21. The van der Waals surface area contributed by atoms with Crippen LogP contribution in [0.2, 0.25) is 0 Å². The van der Waals surface area contributed by atoms with Gasteiger partial charge in [-0.15, -0.1) is 0 Å². The van der Waals surface area contributed by atoms with Crippen LogP contribution >= 0.6 is 11.3 Å². The van der Waals surface area contributed by atoms with Crippen molar-refractivity contribution in [2.75, 3.05) is 7.11 Å². The van der Waals surface area contributed by atoms with Crippen LogP contribution in [0.1, 0.15) is 17.6 Å². The average molecular weight is 429 g/mol. The summed E-state index contributed by atoms with van der Waals surface area (Å²) in [5.41, 5.74) is 2.35. The van der Waals surface area contributed by atoms with Crippen molar-refractivity contribution in [3.8, 4) is 17.0 Å². The minimum Gasteiger partial charge on any atom is -0.497 e. The number of benzene rings is 2. The first-order chi connectivity index (χ1) is 14.0. The molecule has 2 aromatic heterocycles. The molecular formula is C20H20N4O3S2. The van der Waals surface area contributed by atoms with E-state index in [0.29, 0.717) is 11.4 Å². The molecule has 2 heterocycles. The van der Waals surface area contributed by atoms with Crippen molar-refractivity contribution >= 4 is 26.3 Å². The number of fused-ring (bicyclic) bond motifs is 1. The van der Waals surface area contributed by atoms with E-state index >= 15 is 0 Å². The van der Waals surface area contributed by atoms with E-state index in [1.54, 1.807) is 16.6 Å². The van der Waals surface area contributed by atoms with Gasteiger partial charge < -0.3 is 4.74 Å². The molecule has 9 heteroatoms. The largest absolute Gasteiger partial charge is 0.497 e. The molecule has 0 aliphatic carbocycles. The summed E-state index contributed by atoms with van der Waals surface area (Å²) >= 11 is 1.51. The predicted molar refractivity (Wildman–Crippen MR) is 113 cm³/mol. The van der Waals surface area contributed by atoms with E-state index in [2.05, 4.69) is 9.82 Å². The fourth-order valence-corrected chi connectivity index (χ4v) is 4.80. The molecule has 7 nitrogen and oxygen atoms in total. The molecule has 4 rings (SSSR count). The number of hydrogen-bond acceptors (Lipinski definition) is 6. The van der Waals surface area contributed by atoms with E-state index in [9.17, 15) is 8.42 Å². The Morgan fingerprint density at radius 2 is 1.83 bits per heavy atom. The van der Waals surface area contributed by atoms with Crippen LogP contribution in [0.5, 0.6) is 5.75 Å². The van der Waals surface area contributed by atoms with Crippen LogP contribution in [0.25, 0.3) is 16.2 Å². The van der Waals surface area contributed by atoms with Gasteiger partial charge in [0, 0.05) is 5.56 Å². The molecule has 0 fully saturated rings. The van der Waals surface area contributed by atoms with Crippen LogP contribution in [0, 0.1) is 0 Å². The molecular weight excluding hydrogens is 408 g/mol. The average Bonchev–Trinajstić information content (AvgIpc) is 3.30. The molecule has 0 aliphatic heterocycles. The summed E-state index contributed by atoms with van der Waals surface area (Å²) in [6.07, 6.45) is 0.797. The highest BCUT2D eigenvalue weighted by atomic mass is 32.2. The van der Waals surface area contributed by atoms with E-state index in [-0.39, 0.29) is 11.4 Å². The molecule has 150 valence electrons. The molecule has 0 atom stereocenters. The lowest BCUT2D eigenvalue weighted by molar-refractivity contribution is 0.414. The molecule has 0 radical (unpaired) electrons. The highest BCUT2D eigenvalue weighted by molar-refractivity contribution is 7.89. The van der Waals surface area contributed by atoms with Gasteiger partial charge in [-0.3, -0.25) is 0 Å². The number of aryl methyl sites for hydroxylation is 1. The first-order valence-electron chi connectivity index (χ1n) is 9.08. The van der Waals surface area contributed by atoms with Gasteiger partial charge in [0.2, 0.25) is 15.0 Å². The van der Waals surface area contributed by atoms with E-state index < -0.39 is 10.0 Å². The molecule has 0 aliphatic rings. The maximum atomic E-state index is 12.8. The normalized spacial score (nSPS) is 11.8. The molecule has 4 aromatic rings. The predicted octanol–water partition coefficient (Wildman–Crippen LogP) is 3.51. The Morgan fingerprint density at radius 3 is 2.48 bits per heavy atom. The Kier molecular flexibility index (Phi) is 5.35. The fourth-order valence-electron chi connectivity index (χ4n) is 2.96. The van der Waals surface area contributed by atoms with Crippen molar-refractivity contribution < 1.29 is 13.2 Å². The van der Waals surface area contributed by atoms with Crippen molar-refractivity contribution in [2.24, 2.45) is 0 Å². The first-order valence-corrected chi connectivity index (χ1v) is 11.4. The lowest BCUT2D eigenvalue weighted by Crippen LogP contribution is -2.24. The molecule has 0 saturated carbocycles. The van der Waals surface area contributed by atoms with Gasteiger partial charge in [0.15, 0.2) is 0 Å². The van der Waals surface area contributed by atoms with Crippen molar-refractivity contribution in [1.29, 1.82) is 0 Å². The van der Waals surface area contributed by atoms with Gasteiger partial charge in [-0.2, -0.15) is 5.10 Å². The third kappa shape index (κ3) is 3.89. The second-order valence-corrected chi connectivity index (χ2v) is 9.12. The van der Waals surface area contributed by atoms with Crippen LogP contribution in [0.15, 0.2) is 59.5 Å². The minimum atomic E-state index is -3.70. The second kappa shape index (κ2) is 7.94. The standard InChI is InChI=1S/C20H20N4O3S2/c1-3-18-23-24-17(19(22-20(24)28-18)14-7-5-4-6-8-14)13-21-29(25,26)16-11-9-15(27-2)10-12-16/h4-12,21H,3,13H2,1-2H3. The maximum absolute atomic E-state index is 12.8. The van der Waals surface area contributed by atoms with E-state index in [1.165, 1.54) is 30.6 Å². The van der Waals surface area contributed by atoms with Gasteiger partial charge in [0.1, 0.15) is 10.8 Å². The molecule has 0 bridgehead atoms. The number of hydrogen-bond donors (Lipinski definition) is 1. The number of ether oxygens (including phenoxy) is 1. The minimum absolute atomic E-state index is 0.0760. The quantitative estimate of drug-likeness (QED) is 0.487. The molecule has 2 aromatic carbocycles. The number of rotatable bonds is 7. The number of sulfonamides is 1. The van der Waals surface area contributed by atoms with E-state index in [1.807, 2.05) is 37.3 Å². The van der Waals surface area contributed by atoms with Crippen LogP contribution < -0.4 is 9.46 Å². The van der Waals surface area contributed by atoms with Gasteiger partial charge in [0.05, 0.1) is 29.9 Å². The van der Waals surface area contributed by atoms with Gasteiger partial charge >= 0.3 is 0 Å². The van der Waals surface area contributed by atoms with Crippen molar-refractivity contribution in [2.45, 2.75) is 24.8 Å². The fraction of sp³-hybridized carbons (Fsp3) is 0.200. The Balaban J connectivity index is 1.69. The number of imidazole rings is 1. The van der Waals surface area contributed by atoms with Crippen LogP contribution in [0.4, 0.5) is 0 Å². The van der Waals surface area contributed by atoms with Crippen molar-refractivity contribution in [3.05, 3.63) is 65.3 Å². The summed E-state index contributed by atoms with van der Waals surface area (Å²) in [5.74, 6) is 0.599. The number of nitrogens with one attached hydrogen (secondary N) is 1. The number of nitrogens with zero attached hydrogens (tertiary/aromatic N) is 3. The zero-order valence-corrected chi connectivity index (χ0v) is 17.6. The van der Waals surface area contributed by atoms with Crippen LogP contribution in [-0.2, 0) is 23.0 Å². The topological polar surface area (TPSA) is 85.6 Å². The summed E-state index contributed by atoms with van der Waals surface area (Å²) < 4.78 is 35.1. The number of aromatic nitrogens is 3. The van der Waals surface area contributed by atoms with Crippen LogP contribution in [-0.4, -0.2) is 30.1 Å². The highest BCUT2D eigenvalue weighted by Crippen LogP contribution is 2.27. The molecule has 0 amide bonds. The Labute approximate surface area is 173 Å². The molecule has 0 saturated heterocycles. The van der Waals surface area contributed by atoms with Gasteiger partial charge in [-0.05, 0) is 30.7 Å². The summed E-state index contributed by atoms with van der Waals surface area (Å²) in [6.45, 7) is 2.11. The second-order valence-electron chi connectivity index (χ2n) is 6.32. The molecule has 1 N–H and O–H groups in total. The summed E-state index contributed by atoms with van der Waals surface area (Å²) in [6, 6.07) is 16.0. The third-order valence-electron chi connectivity index (χ3n) is 4.49. The monoisotopic (exact) mass is 428 g/mol. The van der Waals surface area contributed by atoms with E-state index in [4.69, 9.17) is 9.72 Å². The first kappa shape index (κ1) is 19.6. The lowest BCUT2D eigenvalue weighted by atomic mass is 10.1. The zero-order valence-electron chi connectivity index (χ0n) is 16.0. The zero-order chi connectivity index (χ0) is 20.4. The molecule has 0 spiro atoms. The third-order valence-corrected chi connectivity index (χ3v) is 6.96. The Bertz CT molecular complexity index is 1230. The van der Waals surface area contributed by atoms with Crippen LogP contribution in [0.3, 0.4) is 0 Å². The lowest BCUT2D eigenvalue weighted by Gasteiger charge is -2.08. The van der Waals surface area contributed by atoms with Crippen molar-refractivity contribution in [1.82, 2.24) is 19.3 Å². The van der Waals surface area contributed by atoms with E-state index in [0.717, 1.165) is 27.6 Å². The summed E-state index contributed by atoms with van der Waals surface area (Å²) in [7, 11) is -2.16.